The predicted octanol–water partition coefficient (Wildman–Crippen LogP) is 4.21. The molecule has 1 heterocycles. The normalized spacial score (nSPS) is 10.9. The Balaban J connectivity index is 2.00. The first-order valence-corrected chi connectivity index (χ1v) is 6.73. The highest BCUT2D eigenvalue weighted by atomic mass is 32.1. The van der Waals surface area contributed by atoms with Gasteiger partial charge in [-0.15, -0.1) is 11.3 Å². The Kier molecular flexibility index (Phi) is 3.02. The summed E-state index contributed by atoms with van der Waals surface area (Å²) in [5.74, 6) is -1.78. The quantitative estimate of drug-likeness (QED) is 0.695. The summed E-state index contributed by atoms with van der Waals surface area (Å²) in [7, 11) is 0. The molecule has 3 aromatic rings. The summed E-state index contributed by atoms with van der Waals surface area (Å²) in [5, 5.41) is 3.92. The number of aromatic nitrogens is 1. The van der Waals surface area contributed by atoms with E-state index in [4.69, 9.17) is 5.73 Å². The van der Waals surface area contributed by atoms with E-state index < -0.39 is 11.6 Å². The lowest BCUT2D eigenvalue weighted by Crippen LogP contribution is -1.97. The third-order valence-electron chi connectivity index (χ3n) is 2.87. The number of nitrogens with zero attached hydrogens (tertiary/aromatic N) is 1. The second-order valence-electron chi connectivity index (χ2n) is 4.39. The number of fused-ring (bicyclic) bond motifs is 1. The molecule has 102 valence electrons. The molecule has 0 aliphatic heterocycles. The van der Waals surface area contributed by atoms with Crippen LogP contribution in [0, 0.1) is 18.6 Å². The Morgan fingerprint density at radius 1 is 1.15 bits per heavy atom. The van der Waals surface area contributed by atoms with Gasteiger partial charge in [0.2, 0.25) is 0 Å². The lowest BCUT2D eigenvalue weighted by molar-refractivity contribution is 0.509. The van der Waals surface area contributed by atoms with Crippen LogP contribution in [0.2, 0.25) is 0 Å². The third kappa shape index (κ3) is 2.30. The fourth-order valence-electron chi connectivity index (χ4n) is 1.94. The van der Waals surface area contributed by atoms with Crippen molar-refractivity contribution in [1.29, 1.82) is 0 Å². The minimum absolute atomic E-state index is 0.432. The highest BCUT2D eigenvalue weighted by molar-refractivity contribution is 7.18. The molecule has 0 saturated heterocycles. The summed E-state index contributed by atoms with van der Waals surface area (Å²) in [4.78, 5) is 4.38. The molecule has 0 atom stereocenters. The van der Waals surface area contributed by atoms with Crippen molar-refractivity contribution < 1.29 is 8.78 Å². The smallest absolute Gasteiger partial charge is 0.160 e. The molecule has 0 amide bonds. The molecule has 0 unspecified atom stereocenters. The summed E-state index contributed by atoms with van der Waals surface area (Å²) in [5.41, 5.74) is 8.37. The van der Waals surface area contributed by atoms with Gasteiger partial charge in [-0.3, -0.25) is 0 Å². The van der Waals surface area contributed by atoms with Crippen molar-refractivity contribution in [2.24, 2.45) is 0 Å². The van der Waals surface area contributed by atoms with Crippen LogP contribution in [-0.4, -0.2) is 4.98 Å². The highest BCUT2D eigenvalue weighted by Crippen LogP contribution is 2.31. The van der Waals surface area contributed by atoms with Crippen molar-refractivity contribution in [2.45, 2.75) is 6.92 Å². The summed E-state index contributed by atoms with van der Waals surface area (Å²) in [6.45, 7) is 1.92. The molecule has 6 heteroatoms. The lowest BCUT2D eigenvalue weighted by atomic mass is 10.2. The number of nitrogens with two attached hydrogens (primary N) is 1. The molecular formula is C14H11F2N3S. The molecule has 3 N–H and O–H groups in total. The predicted molar refractivity (Wildman–Crippen MR) is 78.4 cm³/mol. The summed E-state index contributed by atoms with van der Waals surface area (Å²) in [6, 6.07) is 7.23. The van der Waals surface area contributed by atoms with Gasteiger partial charge in [-0.05, 0) is 31.2 Å². The van der Waals surface area contributed by atoms with E-state index in [-0.39, 0.29) is 0 Å². The monoisotopic (exact) mass is 291 g/mol. The van der Waals surface area contributed by atoms with Crippen LogP contribution in [0.3, 0.4) is 0 Å². The molecule has 2 aromatic carbocycles. The van der Waals surface area contributed by atoms with Crippen LogP contribution in [0.5, 0.6) is 0 Å². The van der Waals surface area contributed by atoms with Crippen LogP contribution in [0.25, 0.3) is 10.2 Å². The minimum Gasteiger partial charge on any atom is -0.397 e. The van der Waals surface area contributed by atoms with E-state index in [2.05, 4.69) is 10.3 Å². The van der Waals surface area contributed by atoms with Gasteiger partial charge in [-0.25, -0.2) is 13.8 Å². The van der Waals surface area contributed by atoms with Crippen molar-refractivity contribution in [3.05, 3.63) is 47.0 Å². The van der Waals surface area contributed by atoms with Crippen molar-refractivity contribution in [3.8, 4) is 0 Å². The standard InChI is InChI=1S/C14H11F2N3S/c1-7-18-13-6-12(11(17)5-14(13)20-7)19-8-2-3-9(15)10(16)4-8/h2-6,19H,17H2,1H3. The van der Waals surface area contributed by atoms with Crippen LogP contribution in [0.1, 0.15) is 5.01 Å². The number of anilines is 3. The van der Waals surface area contributed by atoms with E-state index >= 15 is 0 Å². The average molecular weight is 291 g/mol. The van der Waals surface area contributed by atoms with E-state index in [0.717, 1.165) is 27.4 Å². The van der Waals surface area contributed by atoms with Gasteiger partial charge >= 0.3 is 0 Å². The summed E-state index contributed by atoms with van der Waals surface area (Å²) < 4.78 is 27.1. The maximum absolute atomic E-state index is 13.2. The molecule has 0 aliphatic rings. The van der Waals surface area contributed by atoms with E-state index in [9.17, 15) is 8.78 Å². The molecular weight excluding hydrogens is 280 g/mol. The van der Waals surface area contributed by atoms with Crippen molar-refractivity contribution in [1.82, 2.24) is 4.98 Å². The van der Waals surface area contributed by atoms with Crippen molar-refractivity contribution in [3.63, 3.8) is 0 Å². The van der Waals surface area contributed by atoms with Gasteiger partial charge in [0.05, 0.1) is 26.6 Å². The molecule has 0 fully saturated rings. The van der Waals surface area contributed by atoms with Gasteiger partial charge in [0.25, 0.3) is 0 Å². The van der Waals surface area contributed by atoms with Gasteiger partial charge in [0, 0.05) is 11.8 Å². The first-order chi connectivity index (χ1) is 9.52. The van der Waals surface area contributed by atoms with E-state index in [1.54, 1.807) is 17.4 Å². The number of aryl methyl sites for hydroxylation is 1. The molecule has 20 heavy (non-hydrogen) atoms. The molecule has 0 aliphatic carbocycles. The Morgan fingerprint density at radius 3 is 2.70 bits per heavy atom. The second kappa shape index (κ2) is 4.72. The topological polar surface area (TPSA) is 50.9 Å². The number of nitrogens with one attached hydrogen (secondary N) is 1. The average Bonchev–Trinajstić information content (AvgIpc) is 2.73. The number of hydrogen-bond acceptors (Lipinski definition) is 4. The molecule has 3 rings (SSSR count). The highest BCUT2D eigenvalue weighted by Gasteiger charge is 2.08. The lowest BCUT2D eigenvalue weighted by Gasteiger charge is -2.09. The van der Waals surface area contributed by atoms with E-state index in [1.165, 1.54) is 6.07 Å². The maximum Gasteiger partial charge on any atom is 0.160 e. The number of thiazole rings is 1. The number of rotatable bonds is 2. The largest absolute Gasteiger partial charge is 0.397 e. The summed E-state index contributed by atoms with van der Waals surface area (Å²) >= 11 is 1.56. The Bertz CT molecular complexity index is 798. The molecule has 0 saturated carbocycles. The SMILES string of the molecule is Cc1nc2cc(Nc3ccc(F)c(F)c3)c(N)cc2s1. The number of benzene rings is 2. The van der Waals surface area contributed by atoms with Crippen LogP contribution in [0.15, 0.2) is 30.3 Å². The minimum atomic E-state index is -0.904. The van der Waals surface area contributed by atoms with Gasteiger partial charge in [0.1, 0.15) is 0 Å². The first kappa shape index (κ1) is 12.8. The maximum atomic E-state index is 13.2. The zero-order valence-electron chi connectivity index (χ0n) is 10.6. The van der Waals surface area contributed by atoms with Gasteiger partial charge in [-0.2, -0.15) is 0 Å². The number of halogens is 2. The molecule has 0 spiro atoms. The third-order valence-corrected chi connectivity index (χ3v) is 3.80. The number of hydrogen-bond donors (Lipinski definition) is 2. The fourth-order valence-corrected chi connectivity index (χ4v) is 2.80. The van der Waals surface area contributed by atoms with Gasteiger partial charge < -0.3 is 11.1 Å². The van der Waals surface area contributed by atoms with Crippen molar-refractivity contribution >= 4 is 38.6 Å². The van der Waals surface area contributed by atoms with Gasteiger partial charge in [-0.1, -0.05) is 0 Å². The first-order valence-electron chi connectivity index (χ1n) is 5.91. The molecule has 0 radical (unpaired) electrons. The van der Waals surface area contributed by atoms with Crippen molar-refractivity contribution in [2.75, 3.05) is 11.1 Å². The Labute approximate surface area is 118 Å². The fraction of sp³-hybridized carbons (Fsp3) is 0.0714. The molecule has 1 aromatic heterocycles. The Hall–Kier alpha value is -2.21. The zero-order chi connectivity index (χ0) is 14.3. The molecule has 3 nitrogen and oxygen atoms in total. The van der Waals surface area contributed by atoms with E-state index in [0.29, 0.717) is 17.1 Å². The van der Waals surface area contributed by atoms with Gasteiger partial charge in [0.15, 0.2) is 11.6 Å². The van der Waals surface area contributed by atoms with Crippen LogP contribution in [0.4, 0.5) is 25.8 Å². The second-order valence-corrected chi connectivity index (χ2v) is 5.63. The summed E-state index contributed by atoms with van der Waals surface area (Å²) in [6.07, 6.45) is 0. The number of nitrogen functional groups attached to an aromatic ring is 1. The van der Waals surface area contributed by atoms with E-state index in [1.807, 2.05) is 13.0 Å². The zero-order valence-corrected chi connectivity index (χ0v) is 11.4. The molecule has 0 bridgehead atoms. The van der Waals surface area contributed by atoms with Crippen LogP contribution < -0.4 is 11.1 Å². The van der Waals surface area contributed by atoms with Crippen LogP contribution >= 0.6 is 11.3 Å². The van der Waals surface area contributed by atoms with Crippen LogP contribution in [-0.2, 0) is 0 Å². The Morgan fingerprint density at radius 2 is 1.95 bits per heavy atom.